The first-order chi connectivity index (χ1) is 7.18. The van der Waals surface area contributed by atoms with E-state index in [1.165, 1.54) is 0 Å². The average Bonchev–Trinajstić information content (AvgIpc) is 2.18. The molecule has 0 unspecified atom stereocenters. The van der Waals surface area contributed by atoms with Crippen molar-refractivity contribution in [2.45, 2.75) is 12.8 Å². The van der Waals surface area contributed by atoms with Gasteiger partial charge in [-0.15, -0.1) is 0 Å². The summed E-state index contributed by atoms with van der Waals surface area (Å²) in [6.07, 6.45) is 2.04. The number of hydrogen-bond donors (Lipinski definition) is 3. The molecule has 0 aromatic rings. The first-order valence-corrected chi connectivity index (χ1v) is 5.06. The van der Waals surface area contributed by atoms with Gasteiger partial charge in [0, 0.05) is 13.2 Å². The fourth-order valence-corrected chi connectivity index (χ4v) is 1.52. The van der Waals surface area contributed by atoms with Crippen LogP contribution in [0.25, 0.3) is 0 Å². The molecule has 6 heteroatoms. The Hall–Kier alpha value is -1.14. The smallest absolute Gasteiger partial charge is 0.318 e. The molecule has 0 aromatic heterocycles. The third kappa shape index (κ3) is 5.34. The molecule has 0 radical (unpaired) electrons. The molecule has 0 aromatic carbocycles. The summed E-state index contributed by atoms with van der Waals surface area (Å²) in [7, 11) is 0. The fraction of sp³-hybridized carbons (Fsp3) is 0.778. The number of carbonyl (C=O) groups excluding carboxylic acids is 2. The number of ether oxygens (including phenoxy) is 1. The normalized spacial score (nSPS) is 17.3. The zero-order chi connectivity index (χ0) is 11.1. The van der Waals surface area contributed by atoms with Crippen molar-refractivity contribution < 1.29 is 14.3 Å². The SMILES string of the molecule is NC(=O)NC(=O)CNCC1CCOCC1. The van der Waals surface area contributed by atoms with Crippen LogP contribution in [-0.4, -0.2) is 38.2 Å². The van der Waals surface area contributed by atoms with Gasteiger partial charge in [0.2, 0.25) is 5.91 Å². The summed E-state index contributed by atoms with van der Waals surface area (Å²) >= 11 is 0. The minimum absolute atomic E-state index is 0.125. The Balaban J connectivity index is 2.04. The van der Waals surface area contributed by atoms with Gasteiger partial charge in [0.1, 0.15) is 0 Å². The van der Waals surface area contributed by atoms with Gasteiger partial charge in [-0.05, 0) is 25.3 Å². The van der Waals surface area contributed by atoms with Crippen LogP contribution in [-0.2, 0) is 9.53 Å². The van der Waals surface area contributed by atoms with Crippen LogP contribution in [0.1, 0.15) is 12.8 Å². The number of rotatable bonds is 4. The topological polar surface area (TPSA) is 93.5 Å². The number of nitrogens with two attached hydrogens (primary N) is 1. The second-order valence-corrected chi connectivity index (χ2v) is 3.60. The van der Waals surface area contributed by atoms with Crippen LogP contribution in [0.4, 0.5) is 4.79 Å². The molecular weight excluding hydrogens is 198 g/mol. The monoisotopic (exact) mass is 215 g/mol. The summed E-state index contributed by atoms with van der Waals surface area (Å²) in [4.78, 5) is 21.3. The maximum Gasteiger partial charge on any atom is 0.318 e. The molecule has 1 rings (SSSR count). The van der Waals surface area contributed by atoms with Crippen LogP contribution in [0.2, 0.25) is 0 Å². The molecular formula is C9H17N3O3. The van der Waals surface area contributed by atoms with E-state index in [2.05, 4.69) is 5.32 Å². The Morgan fingerprint density at radius 1 is 1.33 bits per heavy atom. The van der Waals surface area contributed by atoms with Crippen LogP contribution < -0.4 is 16.4 Å². The number of hydrogen-bond acceptors (Lipinski definition) is 4. The van der Waals surface area contributed by atoms with Crippen LogP contribution in [0.5, 0.6) is 0 Å². The van der Waals surface area contributed by atoms with E-state index in [0.717, 1.165) is 32.6 Å². The van der Waals surface area contributed by atoms with E-state index in [-0.39, 0.29) is 6.54 Å². The van der Waals surface area contributed by atoms with E-state index in [4.69, 9.17) is 10.5 Å². The van der Waals surface area contributed by atoms with Crippen LogP contribution in [0.15, 0.2) is 0 Å². The Morgan fingerprint density at radius 3 is 2.60 bits per heavy atom. The van der Waals surface area contributed by atoms with Crippen molar-refractivity contribution >= 4 is 11.9 Å². The van der Waals surface area contributed by atoms with E-state index in [1.807, 2.05) is 5.32 Å². The highest BCUT2D eigenvalue weighted by molar-refractivity contribution is 5.94. The molecule has 1 saturated heterocycles. The van der Waals surface area contributed by atoms with Crippen molar-refractivity contribution in [3.8, 4) is 0 Å². The fourth-order valence-electron chi connectivity index (χ4n) is 1.52. The lowest BCUT2D eigenvalue weighted by molar-refractivity contribution is -0.119. The molecule has 4 N–H and O–H groups in total. The number of imide groups is 1. The molecule has 6 nitrogen and oxygen atoms in total. The number of primary amides is 1. The summed E-state index contributed by atoms with van der Waals surface area (Å²) in [5.41, 5.74) is 4.79. The lowest BCUT2D eigenvalue weighted by Crippen LogP contribution is -2.41. The summed E-state index contributed by atoms with van der Waals surface area (Å²) in [6.45, 7) is 2.48. The van der Waals surface area contributed by atoms with Gasteiger partial charge >= 0.3 is 6.03 Å². The zero-order valence-corrected chi connectivity index (χ0v) is 8.62. The second kappa shape index (κ2) is 6.36. The lowest BCUT2D eigenvalue weighted by atomic mass is 10.0. The van der Waals surface area contributed by atoms with Gasteiger partial charge in [-0.25, -0.2) is 4.79 Å². The highest BCUT2D eigenvalue weighted by Crippen LogP contribution is 2.12. The van der Waals surface area contributed by atoms with Gasteiger partial charge < -0.3 is 15.8 Å². The van der Waals surface area contributed by atoms with Gasteiger partial charge in [0.05, 0.1) is 6.54 Å². The molecule has 0 atom stereocenters. The largest absolute Gasteiger partial charge is 0.381 e. The maximum atomic E-state index is 11.0. The molecule has 0 bridgehead atoms. The van der Waals surface area contributed by atoms with Gasteiger partial charge in [-0.2, -0.15) is 0 Å². The van der Waals surface area contributed by atoms with Crippen molar-refractivity contribution in [1.29, 1.82) is 0 Å². The summed E-state index contributed by atoms with van der Waals surface area (Å²) in [5.74, 6) is 0.162. The first-order valence-electron chi connectivity index (χ1n) is 5.06. The quantitative estimate of drug-likeness (QED) is 0.572. The number of urea groups is 1. The molecule has 86 valence electrons. The average molecular weight is 215 g/mol. The van der Waals surface area contributed by atoms with Crippen molar-refractivity contribution in [2.75, 3.05) is 26.3 Å². The number of nitrogens with one attached hydrogen (secondary N) is 2. The molecule has 3 amide bonds. The molecule has 1 fully saturated rings. The standard InChI is InChI=1S/C9H17N3O3/c10-9(14)12-8(13)6-11-5-7-1-3-15-4-2-7/h7,11H,1-6H2,(H3,10,12,13,14). The minimum atomic E-state index is -0.812. The maximum absolute atomic E-state index is 11.0. The van der Waals surface area contributed by atoms with E-state index in [0.29, 0.717) is 5.92 Å². The van der Waals surface area contributed by atoms with E-state index in [9.17, 15) is 9.59 Å². The van der Waals surface area contributed by atoms with Crippen molar-refractivity contribution in [1.82, 2.24) is 10.6 Å². The molecule has 0 aliphatic carbocycles. The number of carbonyl (C=O) groups is 2. The Morgan fingerprint density at radius 2 is 2.00 bits per heavy atom. The summed E-state index contributed by atoms with van der Waals surface area (Å²) in [5, 5.41) is 4.98. The lowest BCUT2D eigenvalue weighted by Gasteiger charge is -2.21. The van der Waals surface area contributed by atoms with Crippen molar-refractivity contribution in [3.63, 3.8) is 0 Å². The van der Waals surface area contributed by atoms with Gasteiger partial charge in [-0.1, -0.05) is 0 Å². The second-order valence-electron chi connectivity index (χ2n) is 3.60. The zero-order valence-electron chi connectivity index (χ0n) is 8.62. The molecule has 1 heterocycles. The summed E-state index contributed by atoms with van der Waals surface area (Å²) in [6, 6.07) is -0.812. The third-order valence-electron chi connectivity index (χ3n) is 2.32. The molecule has 0 saturated carbocycles. The molecule has 1 aliphatic heterocycles. The first kappa shape index (κ1) is 11.9. The highest BCUT2D eigenvalue weighted by atomic mass is 16.5. The van der Waals surface area contributed by atoms with Gasteiger partial charge in [-0.3, -0.25) is 10.1 Å². The van der Waals surface area contributed by atoms with Crippen LogP contribution in [0, 0.1) is 5.92 Å². The van der Waals surface area contributed by atoms with E-state index >= 15 is 0 Å². The van der Waals surface area contributed by atoms with Crippen LogP contribution >= 0.6 is 0 Å². The van der Waals surface area contributed by atoms with Crippen LogP contribution in [0.3, 0.4) is 0 Å². The Labute approximate surface area is 88.5 Å². The van der Waals surface area contributed by atoms with E-state index in [1.54, 1.807) is 0 Å². The molecule has 0 spiro atoms. The predicted octanol–water partition coefficient (Wildman–Crippen LogP) is -0.802. The summed E-state index contributed by atoms with van der Waals surface area (Å²) < 4.78 is 5.21. The minimum Gasteiger partial charge on any atom is -0.381 e. The third-order valence-corrected chi connectivity index (χ3v) is 2.32. The molecule has 1 aliphatic rings. The Kier molecular flexibility index (Phi) is 5.06. The predicted molar refractivity (Wildman–Crippen MR) is 54.1 cm³/mol. The number of amides is 3. The van der Waals surface area contributed by atoms with Crippen molar-refractivity contribution in [3.05, 3.63) is 0 Å². The van der Waals surface area contributed by atoms with Crippen molar-refractivity contribution in [2.24, 2.45) is 11.7 Å². The van der Waals surface area contributed by atoms with Gasteiger partial charge in [0.25, 0.3) is 0 Å². The Bertz CT molecular complexity index is 227. The van der Waals surface area contributed by atoms with E-state index < -0.39 is 11.9 Å². The highest BCUT2D eigenvalue weighted by Gasteiger charge is 2.13. The molecule has 15 heavy (non-hydrogen) atoms. The van der Waals surface area contributed by atoms with Gasteiger partial charge in [0.15, 0.2) is 0 Å².